The van der Waals surface area contributed by atoms with Gasteiger partial charge in [0, 0.05) is 13.2 Å². The molecule has 3 heteroatoms. The van der Waals surface area contributed by atoms with Crippen LogP contribution in [-0.2, 0) is 7.05 Å². The zero-order valence-corrected chi connectivity index (χ0v) is 13.7. The zero-order chi connectivity index (χ0) is 14.7. The van der Waals surface area contributed by atoms with Crippen LogP contribution in [0.2, 0.25) is 0 Å². The topological polar surface area (TPSA) is 29.9 Å². The predicted octanol–water partition coefficient (Wildman–Crippen LogP) is 3.68. The van der Waals surface area contributed by atoms with Crippen LogP contribution >= 0.6 is 0 Å². The Morgan fingerprint density at radius 3 is 2.57 bits per heavy atom. The third-order valence-corrected chi connectivity index (χ3v) is 6.45. The van der Waals surface area contributed by atoms with Crippen molar-refractivity contribution in [3.63, 3.8) is 0 Å². The van der Waals surface area contributed by atoms with Crippen LogP contribution in [0.25, 0.3) is 0 Å². The van der Waals surface area contributed by atoms with E-state index in [-0.39, 0.29) is 0 Å². The SMILES string of the molecule is CCNC(c1ccn(C)n1)C12CC3CC(CC(C)(C3)C1)C2. The summed E-state index contributed by atoms with van der Waals surface area (Å²) >= 11 is 0. The first-order valence-corrected chi connectivity index (χ1v) is 8.75. The molecule has 5 rings (SSSR count). The van der Waals surface area contributed by atoms with Gasteiger partial charge < -0.3 is 5.32 Å². The Morgan fingerprint density at radius 2 is 2.05 bits per heavy atom. The molecular formula is C18H29N3. The minimum atomic E-state index is 0.453. The number of aromatic nitrogens is 2. The summed E-state index contributed by atoms with van der Waals surface area (Å²) < 4.78 is 1.96. The summed E-state index contributed by atoms with van der Waals surface area (Å²) in [5.41, 5.74) is 2.33. The summed E-state index contributed by atoms with van der Waals surface area (Å²) in [4.78, 5) is 0. The van der Waals surface area contributed by atoms with E-state index in [2.05, 4.69) is 31.4 Å². The molecule has 0 spiro atoms. The minimum Gasteiger partial charge on any atom is -0.308 e. The van der Waals surface area contributed by atoms with Gasteiger partial charge >= 0.3 is 0 Å². The van der Waals surface area contributed by atoms with Gasteiger partial charge in [-0.05, 0) is 73.8 Å². The van der Waals surface area contributed by atoms with Crippen molar-refractivity contribution < 1.29 is 0 Å². The molecule has 116 valence electrons. The summed E-state index contributed by atoms with van der Waals surface area (Å²) in [6.45, 7) is 5.83. The van der Waals surface area contributed by atoms with Gasteiger partial charge in [0.05, 0.1) is 11.7 Å². The van der Waals surface area contributed by atoms with Crippen molar-refractivity contribution in [2.45, 2.75) is 58.4 Å². The van der Waals surface area contributed by atoms with E-state index in [1.165, 1.54) is 44.2 Å². The van der Waals surface area contributed by atoms with Crippen molar-refractivity contribution in [3.05, 3.63) is 18.0 Å². The maximum absolute atomic E-state index is 4.76. The van der Waals surface area contributed by atoms with Gasteiger partial charge in [0.15, 0.2) is 0 Å². The van der Waals surface area contributed by atoms with Gasteiger partial charge in [-0.2, -0.15) is 5.10 Å². The fraction of sp³-hybridized carbons (Fsp3) is 0.833. The first kappa shape index (κ1) is 13.8. The van der Waals surface area contributed by atoms with Gasteiger partial charge in [0.25, 0.3) is 0 Å². The maximum atomic E-state index is 4.76. The van der Waals surface area contributed by atoms with E-state index in [0.29, 0.717) is 16.9 Å². The first-order valence-electron chi connectivity index (χ1n) is 8.75. The average molecular weight is 287 g/mol. The highest BCUT2D eigenvalue weighted by atomic mass is 15.3. The average Bonchev–Trinajstić information content (AvgIpc) is 2.79. The number of aryl methyl sites for hydroxylation is 1. The Morgan fingerprint density at radius 1 is 1.33 bits per heavy atom. The standard InChI is InChI=1S/C18H29N3/c1-4-19-16(15-5-6-21(3)20-15)18-10-13-7-14(11-18)9-17(2,8-13)12-18/h5-6,13-14,16,19H,4,7-12H2,1-3H3. The highest BCUT2D eigenvalue weighted by Gasteiger charge is 2.58. The van der Waals surface area contributed by atoms with Crippen molar-refractivity contribution >= 4 is 0 Å². The molecule has 4 aliphatic rings. The van der Waals surface area contributed by atoms with Gasteiger partial charge in [-0.25, -0.2) is 0 Å². The van der Waals surface area contributed by atoms with Crippen LogP contribution in [0.3, 0.4) is 0 Å². The molecule has 3 atom stereocenters. The Hall–Kier alpha value is -0.830. The van der Waals surface area contributed by atoms with Crippen molar-refractivity contribution in [1.82, 2.24) is 15.1 Å². The first-order chi connectivity index (χ1) is 10.0. The fourth-order valence-electron chi connectivity index (χ4n) is 6.56. The number of hydrogen-bond acceptors (Lipinski definition) is 2. The van der Waals surface area contributed by atoms with E-state index in [1.807, 2.05) is 11.7 Å². The molecule has 0 aliphatic heterocycles. The maximum Gasteiger partial charge on any atom is 0.0799 e. The molecule has 21 heavy (non-hydrogen) atoms. The molecule has 0 saturated heterocycles. The van der Waals surface area contributed by atoms with Crippen LogP contribution in [0.5, 0.6) is 0 Å². The summed E-state index contributed by atoms with van der Waals surface area (Å²) in [6.07, 6.45) is 10.8. The quantitative estimate of drug-likeness (QED) is 0.915. The van der Waals surface area contributed by atoms with Gasteiger partial charge in [-0.1, -0.05) is 13.8 Å². The molecule has 0 amide bonds. The van der Waals surface area contributed by atoms with Crippen LogP contribution in [0.1, 0.15) is 64.1 Å². The van der Waals surface area contributed by atoms with Crippen molar-refractivity contribution in [2.75, 3.05) is 6.54 Å². The molecule has 3 nitrogen and oxygen atoms in total. The van der Waals surface area contributed by atoms with Crippen molar-refractivity contribution in [2.24, 2.45) is 29.7 Å². The molecule has 4 aliphatic carbocycles. The molecule has 0 radical (unpaired) electrons. The highest BCUT2D eigenvalue weighted by Crippen LogP contribution is 2.68. The zero-order valence-electron chi connectivity index (χ0n) is 13.7. The van der Waals surface area contributed by atoms with E-state index >= 15 is 0 Å². The molecule has 3 unspecified atom stereocenters. The molecule has 4 saturated carbocycles. The van der Waals surface area contributed by atoms with E-state index in [1.54, 1.807) is 0 Å². The number of nitrogens with zero attached hydrogens (tertiary/aromatic N) is 2. The predicted molar refractivity (Wildman–Crippen MR) is 84.8 cm³/mol. The van der Waals surface area contributed by atoms with Crippen LogP contribution in [0, 0.1) is 22.7 Å². The number of hydrogen-bond donors (Lipinski definition) is 1. The van der Waals surface area contributed by atoms with Gasteiger partial charge in [-0.15, -0.1) is 0 Å². The molecule has 1 N–H and O–H groups in total. The molecule has 1 aromatic heterocycles. The molecular weight excluding hydrogens is 258 g/mol. The van der Waals surface area contributed by atoms with Crippen LogP contribution in [0.4, 0.5) is 0 Å². The van der Waals surface area contributed by atoms with Gasteiger partial charge in [-0.3, -0.25) is 4.68 Å². The summed E-state index contributed by atoms with van der Waals surface area (Å²) in [5, 5.41) is 8.57. The Balaban J connectivity index is 1.71. The highest BCUT2D eigenvalue weighted by molar-refractivity contribution is 5.17. The molecule has 1 heterocycles. The van der Waals surface area contributed by atoms with Crippen molar-refractivity contribution in [1.29, 1.82) is 0 Å². The van der Waals surface area contributed by atoms with Crippen LogP contribution < -0.4 is 5.32 Å². The Labute approximate surface area is 128 Å². The summed E-state index contributed by atoms with van der Waals surface area (Å²) in [7, 11) is 2.04. The second-order valence-electron chi connectivity index (χ2n) is 8.54. The Kier molecular flexibility index (Phi) is 3.01. The van der Waals surface area contributed by atoms with E-state index in [4.69, 9.17) is 5.10 Å². The van der Waals surface area contributed by atoms with E-state index in [0.717, 1.165) is 18.4 Å². The van der Waals surface area contributed by atoms with Crippen LogP contribution in [0.15, 0.2) is 12.3 Å². The van der Waals surface area contributed by atoms with E-state index in [9.17, 15) is 0 Å². The smallest absolute Gasteiger partial charge is 0.0799 e. The minimum absolute atomic E-state index is 0.453. The third kappa shape index (κ3) is 2.16. The lowest BCUT2D eigenvalue weighted by atomic mass is 9.43. The molecule has 4 fully saturated rings. The number of nitrogens with one attached hydrogen (secondary N) is 1. The normalized spacial score (nSPS) is 42.4. The molecule has 1 aromatic rings. The molecule has 0 aromatic carbocycles. The lowest BCUT2D eigenvalue weighted by molar-refractivity contribution is -0.119. The monoisotopic (exact) mass is 287 g/mol. The molecule has 4 bridgehead atoms. The van der Waals surface area contributed by atoms with Gasteiger partial charge in [0.2, 0.25) is 0 Å². The number of rotatable bonds is 4. The lowest BCUT2D eigenvalue weighted by Crippen LogP contribution is -2.55. The third-order valence-electron chi connectivity index (χ3n) is 6.45. The van der Waals surface area contributed by atoms with Gasteiger partial charge in [0.1, 0.15) is 0 Å². The van der Waals surface area contributed by atoms with Crippen molar-refractivity contribution in [3.8, 4) is 0 Å². The fourth-order valence-corrected chi connectivity index (χ4v) is 6.56. The lowest BCUT2D eigenvalue weighted by Gasteiger charge is -2.63. The second-order valence-corrected chi connectivity index (χ2v) is 8.54. The van der Waals surface area contributed by atoms with Crippen LogP contribution in [-0.4, -0.2) is 16.3 Å². The largest absolute Gasteiger partial charge is 0.308 e. The summed E-state index contributed by atoms with van der Waals surface area (Å²) in [5.74, 6) is 1.95. The summed E-state index contributed by atoms with van der Waals surface area (Å²) in [6, 6.07) is 2.68. The van der Waals surface area contributed by atoms with E-state index < -0.39 is 0 Å². The Bertz CT molecular complexity index is 518. The second kappa shape index (κ2) is 4.58.